The maximum Gasteiger partial charge on any atom is 0.229 e. The van der Waals surface area contributed by atoms with E-state index in [4.69, 9.17) is 5.73 Å². The van der Waals surface area contributed by atoms with Crippen molar-refractivity contribution in [3.63, 3.8) is 0 Å². The van der Waals surface area contributed by atoms with E-state index >= 15 is 0 Å². The highest BCUT2D eigenvalue weighted by Crippen LogP contribution is 2.36. The van der Waals surface area contributed by atoms with Gasteiger partial charge in [-0.3, -0.25) is 9.69 Å². The molecule has 21 heavy (non-hydrogen) atoms. The molecular formula is C17H33N3O. The van der Waals surface area contributed by atoms with Crippen LogP contribution in [-0.4, -0.2) is 55.0 Å². The molecule has 4 heteroatoms. The van der Waals surface area contributed by atoms with Gasteiger partial charge in [0.05, 0.1) is 5.41 Å². The lowest BCUT2D eigenvalue weighted by Gasteiger charge is -2.36. The molecule has 0 bridgehead atoms. The fraction of sp³-hybridized carbons (Fsp3) is 0.941. The van der Waals surface area contributed by atoms with Gasteiger partial charge in [0.1, 0.15) is 0 Å². The molecule has 0 spiro atoms. The molecular weight excluding hydrogens is 262 g/mol. The van der Waals surface area contributed by atoms with E-state index in [1.165, 1.54) is 32.2 Å². The number of likely N-dealkylation sites (N-methyl/N-ethyl adjacent to an activating group) is 2. The first-order valence-corrected chi connectivity index (χ1v) is 8.82. The van der Waals surface area contributed by atoms with Gasteiger partial charge < -0.3 is 10.6 Å². The van der Waals surface area contributed by atoms with E-state index < -0.39 is 0 Å². The first kappa shape index (κ1) is 16.8. The van der Waals surface area contributed by atoms with Crippen molar-refractivity contribution in [3.05, 3.63) is 0 Å². The van der Waals surface area contributed by atoms with Gasteiger partial charge in [0.25, 0.3) is 0 Å². The van der Waals surface area contributed by atoms with Gasteiger partial charge in [-0.2, -0.15) is 0 Å². The van der Waals surface area contributed by atoms with Crippen LogP contribution in [-0.2, 0) is 4.79 Å². The minimum atomic E-state index is -0.277. The Morgan fingerprint density at radius 2 is 1.90 bits per heavy atom. The van der Waals surface area contributed by atoms with Crippen LogP contribution in [0.4, 0.5) is 0 Å². The Balaban J connectivity index is 1.99. The third kappa shape index (κ3) is 3.78. The van der Waals surface area contributed by atoms with Crippen molar-refractivity contribution in [3.8, 4) is 0 Å². The van der Waals surface area contributed by atoms with Gasteiger partial charge in [-0.05, 0) is 38.8 Å². The number of hydrogen-bond acceptors (Lipinski definition) is 3. The van der Waals surface area contributed by atoms with Crippen molar-refractivity contribution < 1.29 is 4.79 Å². The first-order valence-electron chi connectivity index (χ1n) is 8.82. The van der Waals surface area contributed by atoms with E-state index in [0.29, 0.717) is 18.5 Å². The zero-order valence-corrected chi connectivity index (χ0v) is 13.9. The Kier molecular flexibility index (Phi) is 6.06. The fourth-order valence-corrected chi connectivity index (χ4v) is 4.23. The van der Waals surface area contributed by atoms with Gasteiger partial charge >= 0.3 is 0 Å². The summed E-state index contributed by atoms with van der Waals surface area (Å²) in [4.78, 5) is 17.5. The average Bonchev–Trinajstić information content (AvgIpc) is 2.80. The normalized spacial score (nSPS) is 26.5. The van der Waals surface area contributed by atoms with Crippen molar-refractivity contribution >= 4 is 5.91 Å². The van der Waals surface area contributed by atoms with Gasteiger partial charge in [0.15, 0.2) is 0 Å². The highest BCUT2D eigenvalue weighted by atomic mass is 16.2. The third-order valence-corrected chi connectivity index (χ3v) is 5.64. The summed E-state index contributed by atoms with van der Waals surface area (Å²) >= 11 is 0. The molecule has 1 aliphatic heterocycles. The largest absolute Gasteiger partial charge is 0.344 e. The van der Waals surface area contributed by atoms with Crippen LogP contribution in [0.25, 0.3) is 0 Å². The summed E-state index contributed by atoms with van der Waals surface area (Å²) in [7, 11) is 1.98. The van der Waals surface area contributed by atoms with E-state index in [9.17, 15) is 4.79 Å². The molecule has 2 N–H and O–H groups in total. The summed E-state index contributed by atoms with van der Waals surface area (Å²) in [5.74, 6) is 0.301. The Morgan fingerprint density at radius 3 is 2.48 bits per heavy atom. The highest BCUT2D eigenvalue weighted by molar-refractivity contribution is 5.82. The van der Waals surface area contributed by atoms with Crippen LogP contribution in [0.1, 0.15) is 58.3 Å². The number of nitrogens with zero attached hydrogens (tertiary/aromatic N) is 2. The summed E-state index contributed by atoms with van der Waals surface area (Å²) in [6.07, 6.45) is 9.27. The Bertz CT molecular complexity index is 337. The second-order valence-corrected chi connectivity index (χ2v) is 7.01. The predicted octanol–water partition coefficient (Wildman–Crippen LogP) is 2.23. The van der Waals surface area contributed by atoms with Gasteiger partial charge in [-0.15, -0.1) is 0 Å². The van der Waals surface area contributed by atoms with Gasteiger partial charge in [0, 0.05) is 26.2 Å². The van der Waals surface area contributed by atoms with Crippen molar-refractivity contribution in [2.75, 3.05) is 33.2 Å². The van der Waals surface area contributed by atoms with E-state index in [1.54, 1.807) is 0 Å². The molecule has 0 aromatic heterocycles. The maximum absolute atomic E-state index is 13.0. The zero-order chi connectivity index (χ0) is 15.3. The van der Waals surface area contributed by atoms with Crippen molar-refractivity contribution in [2.45, 2.75) is 64.3 Å². The summed E-state index contributed by atoms with van der Waals surface area (Å²) in [5, 5.41) is 0. The Morgan fingerprint density at radius 1 is 1.24 bits per heavy atom. The molecule has 2 fully saturated rings. The van der Waals surface area contributed by atoms with E-state index in [-0.39, 0.29) is 5.41 Å². The predicted molar refractivity (Wildman–Crippen MR) is 87.1 cm³/mol. The molecule has 1 saturated carbocycles. The molecule has 1 heterocycles. The Labute approximate surface area is 130 Å². The lowest BCUT2D eigenvalue weighted by atomic mass is 9.79. The van der Waals surface area contributed by atoms with E-state index in [0.717, 1.165) is 38.8 Å². The summed E-state index contributed by atoms with van der Waals surface area (Å²) in [6, 6.07) is 0.546. The molecule has 0 aromatic carbocycles. The standard InChI is InChI=1S/C17H33N3O/c1-3-20-12-8-9-15(20)13-19(2)16(21)17(14-18)10-6-4-5-7-11-17/h15H,3-14,18H2,1-2H3. The number of likely N-dealkylation sites (tertiary alicyclic amines) is 1. The Hall–Kier alpha value is -0.610. The van der Waals surface area contributed by atoms with Crippen LogP contribution in [0.15, 0.2) is 0 Å². The maximum atomic E-state index is 13.0. The topological polar surface area (TPSA) is 49.6 Å². The van der Waals surface area contributed by atoms with Crippen LogP contribution in [0.3, 0.4) is 0 Å². The van der Waals surface area contributed by atoms with Crippen molar-refractivity contribution in [2.24, 2.45) is 11.1 Å². The van der Waals surface area contributed by atoms with Crippen LogP contribution >= 0.6 is 0 Å². The van der Waals surface area contributed by atoms with E-state index in [2.05, 4.69) is 11.8 Å². The van der Waals surface area contributed by atoms with Crippen molar-refractivity contribution in [1.82, 2.24) is 9.80 Å². The first-order chi connectivity index (χ1) is 10.1. The lowest BCUT2D eigenvalue weighted by Crippen LogP contribution is -2.50. The van der Waals surface area contributed by atoms with Crippen molar-refractivity contribution in [1.29, 1.82) is 0 Å². The molecule has 122 valence electrons. The SMILES string of the molecule is CCN1CCCC1CN(C)C(=O)C1(CN)CCCCCC1. The minimum Gasteiger partial charge on any atom is -0.344 e. The molecule has 1 saturated heterocycles. The molecule has 0 aromatic rings. The highest BCUT2D eigenvalue weighted by Gasteiger charge is 2.40. The number of carbonyl (C=O) groups is 1. The number of amides is 1. The van der Waals surface area contributed by atoms with Crippen LogP contribution in [0, 0.1) is 5.41 Å². The molecule has 4 nitrogen and oxygen atoms in total. The molecule has 2 rings (SSSR count). The molecule has 1 unspecified atom stereocenters. The lowest BCUT2D eigenvalue weighted by molar-refractivity contribution is -0.141. The average molecular weight is 295 g/mol. The van der Waals surface area contributed by atoms with Gasteiger partial charge in [-0.25, -0.2) is 0 Å². The molecule has 1 atom stereocenters. The summed E-state index contributed by atoms with van der Waals surface area (Å²) in [6.45, 7) is 5.87. The second kappa shape index (κ2) is 7.59. The molecule has 2 aliphatic rings. The second-order valence-electron chi connectivity index (χ2n) is 7.01. The molecule has 1 amide bonds. The third-order valence-electron chi connectivity index (χ3n) is 5.64. The van der Waals surface area contributed by atoms with E-state index in [1.807, 2.05) is 11.9 Å². The quantitative estimate of drug-likeness (QED) is 0.791. The van der Waals surface area contributed by atoms with Gasteiger partial charge in [0.2, 0.25) is 5.91 Å². The summed E-state index contributed by atoms with van der Waals surface area (Å²) < 4.78 is 0. The number of carbonyl (C=O) groups excluding carboxylic acids is 1. The van der Waals surface area contributed by atoms with Crippen LogP contribution in [0.5, 0.6) is 0 Å². The van der Waals surface area contributed by atoms with Gasteiger partial charge in [-0.1, -0.05) is 32.6 Å². The summed E-state index contributed by atoms with van der Waals surface area (Å²) in [5.41, 5.74) is 5.77. The van der Waals surface area contributed by atoms with Crippen LogP contribution in [0.2, 0.25) is 0 Å². The fourth-order valence-electron chi connectivity index (χ4n) is 4.23. The zero-order valence-electron chi connectivity index (χ0n) is 13.9. The number of rotatable bonds is 5. The molecule has 1 aliphatic carbocycles. The number of hydrogen-bond donors (Lipinski definition) is 1. The minimum absolute atomic E-state index is 0.277. The number of nitrogens with two attached hydrogens (primary N) is 1. The monoisotopic (exact) mass is 295 g/mol. The molecule has 0 radical (unpaired) electrons. The van der Waals surface area contributed by atoms with Crippen LogP contribution < -0.4 is 5.73 Å². The smallest absolute Gasteiger partial charge is 0.229 e.